The molecule has 2 heterocycles. The number of likely N-dealkylation sites (tertiary alicyclic amines) is 1. The Kier molecular flexibility index (Phi) is 5.64. The average Bonchev–Trinajstić information content (AvgIpc) is 2.62. The molecule has 7 heteroatoms. The molecule has 1 aromatic carbocycles. The van der Waals surface area contributed by atoms with Crippen LogP contribution in [0, 0.1) is 5.92 Å². The maximum Gasteiger partial charge on any atom is 0.416 e. The molecule has 2 aliphatic heterocycles. The molecule has 2 fully saturated rings. The number of ether oxygens (including phenoxy) is 1. The molecule has 0 unspecified atom stereocenters. The molecule has 2 aliphatic rings. The van der Waals surface area contributed by atoms with Crippen molar-refractivity contribution in [3.63, 3.8) is 0 Å². The fraction of sp³-hybridized carbons (Fsp3) is 0.611. The summed E-state index contributed by atoms with van der Waals surface area (Å²) in [6.45, 7) is 4.00. The maximum atomic E-state index is 13.1. The lowest BCUT2D eigenvalue weighted by molar-refractivity contribution is -0.141. The number of benzene rings is 1. The third kappa shape index (κ3) is 4.52. The number of alkyl halides is 3. The van der Waals surface area contributed by atoms with E-state index in [1.165, 1.54) is 12.1 Å². The highest BCUT2D eigenvalue weighted by molar-refractivity contribution is 5.79. The standard InChI is InChI=1S/C18H23F3N2O2/c19-18(20,21)16-4-2-1-3-15(16)13-22-7-5-14(6-8-22)17(24)23-9-11-25-12-10-23/h1-4,14H,5-13H2. The van der Waals surface area contributed by atoms with Crippen LogP contribution in [-0.4, -0.2) is 55.1 Å². The zero-order valence-electron chi connectivity index (χ0n) is 14.1. The van der Waals surface area contributed by atoms with Gasteiger partial charge < -0.3 is 9.64 Å². The highest BCUT2D eigenvalue weighted by Crippen LogP contribution is 2.33. The summed E-state index contributed by atoms with van der Waals surface area (Å²) in [7, 11) is 0. The van der Waals surface area contributed by atoms with Crippen LogP contribution in [0.5, 0.6) is 0 Å². The molecule has 0 aliphatic carbocycles. The van der Waals surface area contributed by atoms with Crippen molar-refractivity contribution in [3.8, 4) is 0 Å². The van der Waals surface area contributed by atoms with Gasteiger partial charge >= 0.3 is 6.18 Å². The van der Waals surface area contributed by atoms with Crippen LogP contribution in [0.3, 0.4) is 0 Å². The molecule has 25 heavy (non-hydrogen) atoms. The summed E-state index contributed by atoms with van der Waals surface area (Å²) >= 11 is 0. The number of halogens is 3. The third-order valence-electron chi connectivity index (χ3n) is 4.98. The summed E-state index contributed by atoms with van der Waals surface area (Å²) in [6, 6.07) is 5.72. The van der Waals surface area contributed by atoms with Crippen LogP contribution in [-0.2, 0) is 22.3 Å². The third-order valence-corrected chi connectivity index (χ3v) is 4.98. The molecule has 0 radical (unpaired) electrons. The number of piperidine rings is 1. The van der Waals surface area contributed by atoms with Crippen molar-refractivity contribution in [3.05, 3.63) is 35.4 Å². The zero-order valence-corrected chi connectivity index (χ0v) is 14.1. The molecule has 3 rings (SSSR count). The molecule has 0 atom stereocenters. The Morgan fingerprint density at radius 1 is 1.08 bits per heavy atom. The summed E-state index contributed by atoms with van der Waals surface area (Å²) in [5, 5.41) is 0. The van der Waals surface area contributed by atoms with Crippen LogP contribution in [0.25, 0.3) is 0 Å². The lowest BCUT2D eigenvalue weighted by Gasteiger charge is -2.35. The second-order valence-electron chi connectivity index (χ2n) is 6.64. The summed E-state index contributed by atoms with van der Waals surface area (Å²) in [6.07, 6.45) is -2.93. The van der Waals surface area contributed by atoms with Gasteiger partial charge in [0.2, 0.25) is 5.91 Å². The van der Waals surface area contributed by atoms with E-state index in [9.17, 15) is 18.0 Å². The van der Waals surface area contributed by atoms with Gasteiger partial charge in [0.25, 0.3) is 0 Å². The Morgan fingerprint density at radius 2 is 1.72 bits per heavy atom. The molecule has 1 aromatic rings. The Morgan fingerprint density at radius 3 is 2.36 bits per heavy atom. The number of hydrogen-bond donors (Lipinski definition) is 0. The molecule has 2 saturated heterocycles. The monoisotopic (exact) mass is 356 g/mol. The van der Waals surface area contributed by atoms with E-state index in [0.29, 0.717) is 57.8 Å². The molecule has 0 spiro atoms. The van der Waals surface area contributed by atoms with E-state index < -0.39 is 11.7 Å². The van der Waals surface area contributed by atoms with Gasteiger partial charge in [0, 0.05) is 25.6 Å². The van der Waals surface area contributed by atoms with Crippen LogP contribution >= 0.6 is 0 Å². The molecular formula is C18H23F3N2O2. The Labute approximate surface area is 145 Å². The Balaban J connectivity index is 1.56. The van der Waals surface area contributed by atoms with E-state index in [0.717, 1.165) is 6.07 Å². The van der Waals surface area contributed by atoms with Gasteiger partial charge in [0.15, 0.2) is 0 Å². The van der Waals surface area contributed by atoms with Crippen molar-refractivity contribution in [1.29, 1.82) is 0 Å². The van der Waals surface area contributed by atoms with Crippen molar-refractivity contribution in [2.24, 2.45) is 5.92 Å². The number of amides is 1. The number of carbonyl (C=O) groups is 1. The first-order valence-corrected chi connectivity index (χ1v) is 8.69. The Bertz CT molecular complexity index is 592. The quantitative estimate of drug-likeness (QED) is 0.835. The summed E-state index contributed by atoms with van der Waals surface area (Å²) in [5.41, 5.74) is -0.269. The zero-order chi connectivity index (χ0) is 17.9. The molecule has 0 bridgehead atoms. The molecular weight excluding hydrogens is 333 g/mol. The largest absolute Gasteiger partial charge is 0.416 e. The predicted octanol–water partition coefficient (Wildman–Crippen LogP) is 2.78. The molecule has 0 aromatic heterocycles. The highest BCUT2D eigenvalue weighted by atomic mass is 19.4. The van der Waals surface area contributed by atoms with Crippen molar-refractivity contribution >= 4 is 5.91 Å². The van der Waals surface area contributed by atoms with Gasteiger partial charge in [-0.1, -0.05) is 18.2 Å². The van der Waals surface area contributed by atoms with E-state index in [2.05, 4.69) is 0 Å². The SMILES string of the molecule is O=C(C1CCN(Cc2ccccc2C(F)(F)F)CC1)N1CCOCC1. The van der Waals surface area contributed by atoms with E-state index in [4.69, 9.17) is 4.74 Å². The highest BCUT2D eigenvalue weighted by Gasteiger charge is 2.34. The van der Waals surface area contributed by atoms with Crippen LogP contribution in [0.2, 0.25) is 0 Å². The number of nitrogens with zero attached hydrogens (tertiary/aromatic N) is 2. The number of carbonyl (C=O) groups excluding carboxylic acids is 1. The predicted molar refractivity (Wildman–Crippen MR) is 86.8 cm³/mol. The fourth-order valence-corrected chi connectivity index (χ4v) is 3.56. The lowest BCUT2D eigenvalue weighted by Crippen LogP contribution is -2.46. The first kappa shape index (κ1) is 18.2. The number of hydrogen-bond acceptors (Lipinski definition) is 3. The number of morpholine rings is 1. The molecule has 138 valence electrons. The number of rotatable bonds is 3. The smallest absolute Gasteiger partial charge is 0.378 e. The van der Waals surface area contributed by atoms with Gasteiger partial charge in [0.05, 0.1) is 18.8 Å². The van der Waals surface area contributed by atoms with Gasteiger partial charge in [-0.3, -0.25) is 9.69 Å². The normalized spacial score (nSPS) is 20.7. The van der Waals surface area contributed by atoms with Crippen LogP contribution in [0.1, 0.15) is 24.0 Å². The minimum Gasteiger partial charge on any atom is -0.378 e. The maximum absolute atomic E-state index is 13.1. The lowest BCUT2D eigenvalue weighted by atomic mass is 9.94. The second kappa shape index (κ2) is 7.74. The second-order valence-corrected chi connectivity index (χ2v) is 6.64. The average molecular weight is 356 g/mol. The fourth-order valence-electron chi connectivity index (χ4n) is 3.56. The van der Waals surface area contributed by atoms with Gasteiger partial charge in [-0.05, 0) is 37.6 Å². The summed E-state index contributed by atoms with van der Waals surface area (Å²) in [4.78, 5) is 16.4. The van der Waals surface area contributed by atoms with Crippen LogP contribution in [0.4, 0.5) is 13.2 Å². The van der Waals surface area contributed by atoms with Gasteiger partial charge in [-0.2, -0.15) is 13.2 Å². The minimum absolute atomic E-state index is 0.0211. The van der Waals surface area contributed by atoms with Crippen LogP contribution in [0.15, 0.2) is 24.3 Å². The minimum atomic E-state index is -4.33. The van der Waals surface area contributed by atoms with Crippen LogP contribution < -0.4 is 0 Å². The van der Waals surface area contributed by atoms with Crippen molar-refractivity contribution in [1.82, 2.24) is 9.80 Å². The first-order chi connectivity index (χ1) is 11.9. The summed E-state index contributed by atoms with van der Waals surface area (Å²) in [5.74, 6) is 0.144. The van der Waals surface area contributed by atoms with Crippen molar-refractivity contribution in [2.45, 2.75) is 25.6 Å². The van der Waals surface area contributed by atoms with Crippen molar-refractivity contribution in [2.75, 3.05) is 39.4 Å². The van der Waals surface area contributed by atoms with E-state index >= 15 is 0 Å². The first-order valence-electron chi connectivity index (χ1n) is 8.69. The van der Waals surface area contributed by atoms with E-state index in [1.54, 1.807) is 6.07 Å². The van der Waals surface area contributed by atoms with Crippen molar-refractivity contribution < 1.29 is 22.7 Å². The summed E-state index contributed by atoms with van der Waals surface area (Å²) < 4.78 is 44.6. The van der Waals surface area contributed by atoms with Gasteiger partial charge in [-0.25, -0.2) is 0 Å². The molecule has 1 amide bonds. The topological polar surface area (TPSA) is 32.8 Å². The van der Waals surface area contributed by atoms with Gasteiger partial charge in [0.1, 0.15) is 0 Å². The Hall–Kier alpha value is -1.60. The van der Waals surface area contributed by atoms with E-state index in [-0.39, 0.29) is 18.4 Å². The molecule has 4 nitrogen and oxygen atoms in total. The van der Waals surface area contributed by atoms with Gasteiger partial charge in [-0.15, -0.1) is 0 Å². The van der Waals surface area contributed by atoms with E-state index in [1.807, 2.05) is 9.80 Å². The molecule has 0 saturated carbocycles. The molecule has 0 N–H and O–H groups in total.